The summed E-state index contributed by atoms with van der Waals surface area (Å²) in [7, 11) is 1.95. The molecule has 7 heteroatoms. The third kappa shape index (κ3) is 2.33. The van der Waals surface area contributed by atoms with Gasteiger partial charge in [0.25, 0.3) is 0 Å². The van der Waals surface area contributed by atoms with Gasteiger partial charge in [0.15, 0.2) is 17.0 Å². The Morgan fingerprint density at radius 3 is 2.48 bits per heavy atom. The summed E-state index contributed by atoms with van der Waals surface area (Å²) in [5.41, 5.74) is 1.74. The third-order valence-electron chi connectivity index (χ3n) is 5.93. The largest absolute Gasteiger partial charge is 0.354 e. The summed E-state index contributed by atoms with van der Waals surface area (Å²) < 4.78 is 1.92. The maximum absolute atomic E-state index is 12.6. The van der Waals surface area contributed by atoms with E-state index in [9.17, 15) is 4.79 Å². The number of carbonyl (C=O) groups excluding carboxylic acids is 1. The van der Waals surface area contributed by atoms with E-state index in [0.717, 1.165) is 56.0 Å². The first-order valence-corrected chi connectivity index (χ1v) is 9.01. The number of hydrogen-bond acceptors (Lipinski definition) is 5. The van der Waals surface area contributed by atoms with Gasteiger partial charge in [0.1, 0.15) is 6.33 Å². The highest BCUT2D eigenvalue weighted by molar-refractivity contribution is 5.83. The zero-order chi connectivity index (χ0) is 17.0. The van der Waals surface area contributed by atoms with Crippen LogP contribution >= 0.6 is 0 Å². The van der Waals surface area contributed by atoms with Gasteiger partial charge in [-0.25, -0.2) is 15.0 Å². The van der Waals surface area contributed by atoms with Gasteiger partial charge < -0.3 is 14.4 Å². The Bertz CT molecular complexity index is 836. The van der Waals surface area contributed by atoms with Crippen LogP contribution in [0.2, 0.25) is 0 Å². The van der Waals surface area contributed by atoms with Crippen molar-refractivity contribution in [1.29, 1.82) is 0 Å². The van der Waals surface area contributed by atoms with Gasteiger partial charge in [0, 0.05) is 51.0 Å². The molecular formula is C18H22N6O. The second-order valence-electron chi connectivity index (χ2n) is 7.53. The zero-order valence-corrected chi connectivity index (χ0v) is 14.4. The number of carbonyl (C=O) groups is 1. The van der Waals surface area contributed by atoms with Gasteiger partial charge in [-0.15, -0.1) is 0 Å². The molecule has 0 radical (unpaired) electrons. The molecule has 130 valence electrons. The summed E-state index contributed by atoms with van der Waals surface area (Å²) in [5.74, 6) is 2.53. The molecule has 7 nitrogen and oxygen atoms in total. The van der Waals surface area contributed by atoms with Gasteiger partial charge in [-0.3, -0.25) is 4.79 Å². The van der Waals surface area contributed by atoms with E-state index in [1.54, 1.807) is 12.7 Å². The van der Waals surface area contributed by atoms with Crippen molar-refractivity contribution in [1.82, 2.24) is 24.4 Å². The summed E-state index contributed by atoms with van der Waals surface area (Å²) in [6.07, 6.45) is 9.50. The molecule has 0 bridgehead atoms. The molecule has 0 aromatic carbocycles. The fourth-order valence-corrected chi connectivity index (χ4v) is 4.59. The summed E-state index contributed by atoms with van der Waals surface area (Å²) in [4.78, 5) is 30.4. The monoisotopic (exact) mass is 338 g/mol. The number of amides is 1. The van der Waals surface area contributed by atoms with Crippen LogP contribution in [0.4, 0.5) is 5.82 Å². The van der Waals surface area contributed by atoms with Crippen molar-refractivity contribution in [2.75, 3.05) is 31.1 Å². The van der Waals surface area contributed by atoms with Gasteiger partial charge in [0.05, 0.1) is 6.33 Å². The molecule has 2 saturated heterocycles. The number of fused-ring (bicyclic) bond motifs is 2. The highest BCUT2D eigenvalue weighted by Gasteiger charge is 2.43. The van der Waals surface area contributed by atoms with Crippen LogP contribution in [0.15, 0.2) is 24.8 Å². The normalized spacial score (nSPS) is 26.1. The zero-order valence-electron chi connectivity index (χ0n) is 14.4. The minimum Gasteiger partial charge on any atom is -0.354 e. The van der Waals surface area contributed by atoms with Crippen LogP contribution in [0.1, 0.15) is 12.8 Å². The van der Waals surface area contributed by atoms with Gasteiger partial charge in [-0.2, -0.15) is 0 Å². The first-order valence-electron chi connectivity index (χ1n) is 9.01. The molecule has 0 spiro atoms. The van der Waals surface area contributed by atoms with E-state index in [1.165, 1.54) is 0 Å². The SMILES string of the molecule is Cn1cnc2c(N3CC4CN(C(=O)C5CC=CC5)CC4C3)ncnc21. The van der Waals surface area contributed by atoms with Gasteiger partial charge >= 0.3 is 0 Å². The fraction of sp³-hybridized carbons (Fsp3) is 0.556. The van der Waals surface area contributed by atoms with Crippen molar-refractivity contribution < 1.29 is 4.79 Å². The number of aryl methyl sites for hydroxylation is 1. The Hall–Kier alpha value is -2.44. The van der Waals surface area contributed by atoms with Crippen LogP contribution in [0.25, 0.3) is 11.2 Å². The first-order chi connectivity index (χ1) is 12.2. The van der Waals surface area contributed by atoms with Crippen LogP contribution < -0.4 is 4.90 Å². The van der Waals surface area contributed by atoms with E-state index in [4.69, 9.17) is 0 Å². The minimum absolute atomic E-state index is 0.185. The lowest BCUT2D eigenvalue weighted by Crippen LogP contribution is -2.36. The lowest BCUT2D eigenvalue weighted by atomic mass is 10.0. The lowest BCUT2D eigenvalue weighted by molar-refractivity contribution is -0.134. The standard InChI is InChI=1S/C18H22N6O/c1-22-11-21-15-16(22)19-10-20-17(15)23-6-13-8-24(9-14(13)7-23)18(25)12-4-2-3-5-12/h2-3,10-14H,4-9H2,1H3. The number of likely N-dealkylation sites (tertiary alicyclic amines) is 1. The van der Waals surface area contributed by atoms with E-state index >= 15 is 0 Å². The highest BCUT2D eigenvalue weighted by atomic mass is 16.2. The van der Waals surface area contributed by atoms with Crippen molar-refractivity contribution in [3.8, 4) is 0 Å². The van der Waals surface area contributed by atoms with E-state index in [2.05, 4.69) is 36.9 Å². The molecule has 1 amide bonds. The van der Waals surface area contributed by atoms with Crippen LogP contribution in [0.5, 0.6) is 0 Å². The van der Waals surface area contributed by atoms with Gasteiger partial charge in [-0.1, -0.05) is 12.2 Å². The number of hydrogen-bond donors (Lipinski definition) is 0. The van der Waals surface area contributed by atoms with E-state index in [1.807, 2.05) is 11.6 Å². The predicted molar refractivity (Wildman–Crippen MR) is 93.9 cm³/mol. The maximum Gasteiger partial charge on any atom is 0.226 e. The number of allylic oxidation sites excluding steroid dienone is 2. The number of imidazole rings is 1. The molecule has 2 aliphatic heterocycles. The topological polar surface area (TPSA) is 67.2 Å². The molecule has 2 aromatic rings. The van der Waals surface area contributed by atoms with Crippen molar-refractivity contribution in [3.05, 3.63) is 24.8 Å². The van der Waals surface area contributed by atoms with Crippen LogP contribution in [0.3, 0.4) is 0 Å². The summed E-state index contributed by atoms with van der Waals surface area (Å²) in [6, 6.07) is 0. The average molecular weight is 338 g/mol. The number of rotatable bonds is 2. The number of nitrogens with zero attached hydrogens (tertiary/aromatic N) is 6. The van der Waals surface area contributed by atoms with E-state index in [0.29, 0.717) is 17.7 Å². The van der Waals surface area contributed by atoms with E-state index in [-0.39, 0.29) is 5.92 Å². The Labute approximate surface area is 146 Å². The van der Waals surface area contributed by atoms with Gasteiger partial charge in [-0.05, 0) is 12.8 Å². The number of anilines is 1. The molecule has 5 rings (SSSR count). The molecule has 2 aromatic heterocycles. The second kappa shape index (κ2) is 5.54. The number of aromatic nitrogens is 4. The molecule has 2 unspecified atom stereocenters. The molecule has 2 atom stereocenters. The van der Waals surface area contributed by atoms with Crippen molar-refractivity contribution in [2.24, 2.45) is 24.8 Å². The maximum atomic E-state index is 12.6. The summed E-state index contributed by atoms with van der Waals surface area (Å²) >= 11 is 0. The van der Waals surface area contributed by atoms with Crippen molar-refractivity contribution in [3.63, 3.8) is 0 Å². The van der Waals surface area contributed by atoms with Crippen LogP contribution in [-0.4, -0.2) is 56.5 Å². The fourth-order valence-electron chi connectivity index (χ4n) is 4.59. The first kappa shape index (κ1) is 14.9. The van der Waals surface area contributed by atoms with Crippen LogP contribution in [-0.2, 0) is 11.8 Å². The minimum atomic E-state index is 0.185. The van der Waals surface area contributed by atoms with Crippen molar-refractivity contribution in [2.45, 2.75) is 12.8 Å². The van der Waals surface area contributed by atoms with Crippen LogP contribution in [0, 0.1) is 17.8 Å². The Morgan fingerprint density at radius 1 is 1.04 bits per heavy atom. The molecule has 3 aliphatic rings. The molecule has 0 N–H and O–H groups in total. The molecule has 2 fully saturated rings. The predicted octanol–water partition coefficient (Wildman–Crippen LogP) is 1.22. The Kier molecular flexibility index (Phi) is 3.29. The molecule has 25 heavy (non-hydrogen) atoms. The Balaban J connectivity index is 1.31. The summed E-state index contributed by atoms with van der Waals surface area (Å²) in [6.45, 7) is 3.65. The molecule has 0 saturated carbocycles. The lowest BCUT2D eigenvalue weighted by Gasteiger charge is -2.24. The third-order valence-corrected chi connectivity index (χ3v) is 5.93. The molecule has 4 heterocycles. The highest BCUT2D eigenvalue weighted by Crippen LogP contribution is 2.36. The smallest absolute Gasteiger partial charge is 0.226 e. The quantitative estimate of drug-likeness (QED) is 0.771. The van der Waals surface area contributed by atoms with Gasteiger partial charge in [0.2, 0.25) is 5.91 Å². The molecule has 1 aliphatic carbocycles. The van der Waals surface area contributed by atoms with Crippen molar-refractivity contribution >= 4 is 22.9 Å². The average Bonchev–Trinajstić information content (AvgIpc) is 3.37. The Morgan fingerprint density at radius 2 is 1.76 bits per heavy atom. The summed E-state index contributed by atoms with van der Waals surface area (Å²) in [5, 5.41) is 0. The second-order valence-corrected chi connectivity index (χ2v) is 7.53. The molecular weight excluding hydrogens is 316 g/mol. The van der Waals surface area contributed by atoms with E-state index < -0.39 is 0 Å².